The van der Waals surface area contributed by atoms with Gasteiger partial charge in [0.2, 0.25) is 0 Å². The summed E-state index contributed by atoms with van der Waals surface area (Å²) in [5.74, 6) is 2.26. The second kappa shape index (κ2) is 5.47. The van der Waals surface area contributed by atoms with Crippen LogP contribution < -0.4 is 14.2 Å². The lowest BCUT2D eigenvalue weighted by molar-refractivity contribution is 0.307. The standard InChI is InChI=1S/C15H17N3O3/c1-4-21-15-17-16-14-9-11-8-13(20-3)12(19-2)7-10(11)5-6-18(14)15/h5-8H,4,9H2,1-3H3. The van der Waals surface area contributed by atoms with Gasteiger partial charge in [0.25, 0.3) is 0 Å². The number of fused-ring (bicyclic) bond motifs is 2. The van der Waals surface area contributed by atoms with Gasteiger partial charge in [-0.25, -0.2) is 0 Å². The topological polar surface area (TPSA) is 58.4 Å². The first-order chi connectivity index (χ1) is 10.3. The summed E-state index contributed by atoms with van der Waals surface area (Å²) in [5.41, 5.74) is 2.18. The van der Waals surface area contributed by atoms with Crippen molar-refractivity contribution >= 4 is 12.3 Å². The molecule has 3 rings (SSSR count). The maximum Gasteiger partial charge on any atom is 0.321 e. The van der Waals surface area contributed by atoms with E-state index < -0.39 is 0 Å². The highest BCUT2D eigenvalue weighted by Crippen LogP contribution is 2.33. The van der Waals surface area contributed by atoms with E-state index >= 15 is 0 Å². The zero-order valence-electron chi connectivity index (χ0n) is 12.3. The zero-order chi connectivity index (χ0) is 14.8. The highest BCUT2D eigenvalue weighted by molar-refractivity contribution is 5.69. The van der Waals surface area contributed by atoms with E-state index in [0.717, 1.165) is 17.0 Å². The summed E-state index contributed by atoms with van der Waals surface area (Å²) in [7, 11) is 3.26. The molecule has 0 bridgehead atoms. The monoisotopic (exact) mass is 287 g/mol. The lowest BCUT2D eigenvalue weighted by Crippen LogP contribution is -2.01. The minimum absolute atomic E-state index is 0.510. The van der Waals surface area contributed by atoms with E-state index in [-0.39, 0.29) is 0 Å². The Morgan fingerprint density at radius 3 is 2.62 bits per heavy atom. The van der Waals surface area contributed by atoms with Crippen LogP contribution >= 0.6 is 0 Å². The molecule has 0 fully saturated rings. The fourth-order valence-corrected chi connectivity index (χ4v) is 2.38. The van der Waals surface area contributed by atoms with Gasteiger partial charge < -0.3 is 14.2 Å². The largest absolute Gasteiger partial charge is 0.493 e. The molecule has 0 radical (unpaired) electrons. The van der Waals surface area contributed by atoms with Crippen molar-refractivity contribution in [2.24, 2.45) is 0 Å². The first kappa shape index (κ1) is 13.5. The molecule has 2 heterocycles. The van der Waals surface area contributed by atoms with E-state index in [9.17, 15) is 0 Å². The number of benzene rings is 1. The molecule has 1 aliphatic heterocycles. The van der Waals surface area contributed by atoms with Crippen LogP contribution in [0.3, 0.4) is 0 Å². The van der Waals surface area contributed by atoms with Crippen molar-refractivity contribution in [1.29, 1.82) is 0 Å². The lowest BCUT2D eigenvalue weighted by atomic mass is 10.0. The Kier molecular flexibility index (Phi) is 3.51. The number of hydrogen-bond donors (Lipinski definition) is 0. The highest BCUT2D eigenvalue weighted by atomic mass is 16.5. The van der Waals surface area contributed by atoms with Crippen LogP contribution in [-0.2, 0) is 6.42 Å². The van der Waals surface area contributed by atoms with Crippen molar-refractivity contribution in [2.45, 2.75) is 13.3 Å². The van der Waals surface area contributed by atoms with E-state index in [1.165, 1.54) is 0 Å². The van der Waals surface area contributed by atoms with Crippen molar-refractivity contribution in [2.75, 3.05) is 20.8 Å². The number of rotatable bonds is 4. The first-order valence-corrected chi connectivity index (χ1v) is 6.76. The average Bonchev–Trinajstić information content (AvgIpc) is 2.78. The smallest absolute Gasteiger partial charge is 0.321 e. The molecule has 21 heavy (non-hydrogen) atoms. The predicted octanol–water partition coefficient (Wildman–Crippen LogP) is 2.23. The second-order valence-electron chi connectivity index (χ2n) is 4.60. The van der Waals surface area contributed by atoms with Gasteiger partial charge in [0, 0.05) is 12.6 Å². The van der Waals surface area contributed by atoms with E-state index in [1.54, 1.807) is 14.2 Å². The Morgan fingerprint density at radius 2 is 1.90 bits per heavy atom. The van der Waals surface area contributed by atoms with Gasteiger partial charge >= 0.3 is 6.01 Å². The van der Waals surface area contributed by atoms with Gasteiger partial charge in [-0.15, -0.1) is 5.10 Å². The first-order valence-electron chi connectivity index (χ1n) is 6.76. The molecule has 0 amide bonds. The summed E-state index contributed by atoms with van der Waals surface area (Å²) >= 11 is 0. The van der Waals surface area contributed by atoms with Gasteiger partial charge in [0.1, 0.15) is 5.82 Å². The molecule has 1 aromatic heterocycles. The number of hydrogen-bond acceptors (Lipinski definition) is 5. The Bertz CT molecular complexity index is 692. The van der Waals surface area contributed by atoms with Crippen LogP contribution in [0.4, 0.5) is 0 Å². The van der Waals surface area contributed by atoms with Gasteiger partial charge in [-0.2, -0.15) is 0 Å². The van der Waals surface area contributed by atoms with E-state index in [1.807, 2.05) is 35.9 Å². The molecule has 6 nitrogen and oxygen atoms in total. The van der Waals surface area contributed by atoms with E-state index in [4.69, 9.17) is 14.2 Å². The molecule has 1 aliphatic rings. The van der Waals surface area contributed by atoms with Crippen LogP contribution in [-0.4, -0.2) is 35.6 Å². The van der Waals surface area contributed by atoms with E-state index in [0.29, 0.717) is 30.5 Å². The predicted molar refractivity (Wildman–Crippen MR) is 78.8 cm³/mol. The molecule has 0 N–H and O–H groups in total. The summed E-state index contributed by atoms with van der Waals surface area (Å²) in [6.45, 7) is 2.48. The Morgan fingerprint density at radius 1 is 1.14 bits per heavy atom. The summed E-state index contributed by atoms with van der Waals surface area (Å²) < 4.78 is 18.0. The molecule has 2 aromatic rings. The van der Waals surface area contributed by atoms with Gasteiger partial charge in [-0.3, -0.25) is 4.57 Å². The highest BCUT2D eigenvalue weighted by Gasteiger charge is 2.18. The molecule has 0 saturated carbocycles. The average molecular weight is 287 g/mol. The molecular weight excluding hydrogens is 270 g/mol. The number of ether oxygens (including phenoxy) is 3. The van der Waals surface area contributed by atoms with Crippen LogP contribution in [0.25, 0.3) is 12.3 Å². The number of nitrogens with zero attached hydrogens (tertiary/aromatic N) is 3. The Labute approximate surface area is 123 Å². The Balaban J connectivity index is 2.06. The van der Waals surface area contributed by atoms with Crippen molar-refractivity contribution in [3.8, 4) is 17.5 Å². The zero-order valence-corrected chi connectivity index (χ0v) is 12.3. The van der Waals surface area contributed by atoms with E-state index in [2.05, 4.69) is 10.2 Å². The maximum absolute atomic E-state index is 5.48. The number of methoxy groups -OCH3 is 2. The summed E-state index contributed by atoms with van der Waals surface area (Å²) in [5, 5.41) is 8.26. The third-order valence-electron chi connectivity index (χ3n) is 3.41. The number of aromatic nitrogens is 3. The Hall–Kier alpha value is -2.50. The van der Waals surface area contributed by atoms with Crippen LogP contribution in [0, 0.1) is 0 Å². The molecule has 6 heteroatoms. The normalized spacial score (nSPS) is 12.3. The lowest BCUT2D eigenvalue weighted by Gasteiger charge is -2.11. The molecule has 110 valence electrons. The SMILES string of the molecule is CCOc1nnc2n1C=Cc1cc(OC)c(OC)cc1C2. The minimum Gasteiger partial charge on any atom is -0.493 e. The quantitative estimate of drug-likeness (QED) is 0.736. The van der Waals surface area contributed by atoms with Crippen LogP contribution in [0.15, 0.2) is 12.1 Å². The maximum atomic E-state index is 5.48. The third kappa shape index (κ3) is 2.33. The fourth-order valence-electron chi connectivity index (χ4n) is 2.38. The molecule has 0 unspecified atom stereocenters. The van der Waals surface area contributed by atoms with Crippen molar-refractivity contribution < 1.29 is 14.2 Å². The molecule has 0 saturated heterocycles. The summed E-state index contributed by atoms with van der Waals surface area (Å²) in [6.07, 6.45) is 4.57. The van der Waals surface area contributed by atoms with Gasteiger partial charge in [0.15, 0.2) is 11.5 Å². The van der Waals surface area contributed by atoms with Crippen molar-refractivity contribution in [1.82, 2.24) is 14.8 Å². The molecule has 0 aliphatic carbocycles. The van der Waals surface area contributed by atoms with Crippen LogP contribution in [0.5, 0.6) is 17.5 Å². The van der Waals surface area contributed by atoms with Crippen molar-refractivity contribution in [3.63, 3.8) is 0 Å². The van der Waals surface area contributed by atoms with Crippen LogP contribution in [0.2, 0.25) is 0 Å². The third-order valence-corrected chi connectivity index (χ3v) is 3.41. The second-order valence-corrected chi connectivity index (χ2v) is 4.60. The van der Waals surface area contributed by atoms with Gasteiger partial charge in [-0.1, -0.05) is 5.10 Å². The molecule has 0 spiro atoms. The summed E-state index contributed by atoms with van der Waals surface area (Å²) in [4.78, 5) is 0. The fraction of sp³-hybridized carbons (Fsp3) is 0.333. The van der Waals surface area contributed by atoms with Gasteiger partial charge in [-0.05, 0) is 36.3 Å². The minimum atomic E-state index is 0.510. The molecule has 1 aromatic carbocycles. The molecule has 0 atom stereocenters. The molecular formula is C15H17N3O3. The summed E-state index contributed by atoms with van der Waals surface area (Å²) in [6, 6.07) is 4.45. The van der Waals surface area contributed by atoms with Crippen molar-refractivity contribution in [3.05, 3.63) is 29.1 Å². The van der Waals surface area contributed by atoms with Gasteiger partial charge in [0.05, 0.1) is 20.8 Å². The van der Waals surface area contributed by atoms with Crippen LogP contribution in [0.1, 0.15) is 23.9 Å².